The Morgan fingerprint density at radius 2 is 1.96 bits per heavy atom. The van der Waals surface area contributed by atoms with Gasteiger partial charge < -0.3 is 26.0 Å². The largest absolute Gasteiger partial charge is 0.508 e. The monoisotopic (exact) mass is 333 g/mol. The van der Waals surface area contributed by atoms with Crippen molar-refractivity contribution < 1.29 is 30.2 Å². The normalized spacial score (nSPS) is 18.8. The van der Waals surface area contributed by atoms with Crippen LogP contribution in [0.15, 0.2) is 47.7 Å². The first-order chi connectivity index (χ1) is 11.5. The molecular formula is C17H21N2O5+. The van der Waals surface area contributed by atoms with Gasteiger partial charge in [0, 0.05) is 12.8 Å². The van der Waals surface area contributed by atoms with Crippen LogP contribution in [0.25, 0.3) is 0 Å². The molecule has 1 aromatic rings. The molecule has 1 heterocycles. The SMILES string of the molecule is O=C(O)C1=CC(=CC[NH2+]CCc2ccc(O)cc2)CC(C(=O)O)N1. The van der Waals surface area contributed by atoms with Gasteiger partial charge in [-0.05, 0) is 35.4 Å². The summed E-state index contributed by atoms with van der Waals surface area (Å²) < 4.78 is 0. The molecule has 0 spiro atoms. The van der Waals surface area contributed by atoms with Crippen LogP contribution in [-0.2, 0) is 16.0 Å². The number of nitrogens with two attached hydrogens (primary N) is 1. The molecule has 0 amide bonds. The molecule has 1 aromatic carbocycles. The third-order valence-corrected chi connectivity index (χ3v) is 3.75. The number of phenolic OH excluding ortho intramolecular Hbond substituents is 1. The zero-order chi connectivity index (χ0) is 17.5. The van der Waals surface area contributed by atoms with E-state index in [0.29, 0.717) is 12.1 Å². The average molecular weight is 333 g/mol. The van der Waals surface area contributed by atoms with E-state index >= 15 is 0 Å². The zero-order valence-corrected chi connectivity index (χ0v) is 13.1. The van der Waals surface area contributed by atoms with Crippen molar-refractivity contribution >= 4 is 11.9 Å². The Morgan fingerprint density at radius 3 is 2.58 bits per heavy atom. The first-order valence-corrected chi connectivity index (χ1v) is 7.68. The lowest BCUT2D eigenvalue weighted by Gasteiger charge is -2.21. The summed E-state index contributed by atoms with van der Waals surface area (Å²) in [6, 6.07) is 6.12. The van der Waals surface area contributed by atoms with Crippen molar-refractivity contribution in [1.82, 2.24) is 5.32 Å². The number of carbonyl (C=O) groups is 2. The van der Waals surface area contributed by atoms with Crippen LogP contribution in [0.1, 0.15) is 12.0 Å². The molecule has 128 valence electrons. The van der Waals surface area contributed by atoms with Crippen LogP contribution in [0.2, 0.25) is 0 Å². The van der Waals surface area contributed by atoms with Crippen LogP contribution in [0, 0.1) is 0 Å². The highest BCUT2D eigenvalue weighted by Gasteiger charge is 2.26. The molecule has 7 heteroatoms. The Kier molecular flexibility index (Phi) is 5.97. The zero-order valence-electron chi connectivity index (χ0n) is 13.1. The van der Waals surface area contributed by atoms with Gasteiger partial charge in [0.1, 0.15) is 17.5 Å². The summed E-state index contributed by atoms with van der Waals surface area (Å²) in [5.41, 5.74) is 1.74. The molecule has 2 rings (SSSR count). The summed E-state index contributed by atoms with van der Waals surface area (Å²) in [7, 11) is 0. The van der Waals surface area contributed by atoms with Crippen molar-refractivity contribution in [3.8, 4) is 5.75 Å². The minimum absolute atomic E-state index is 0.0935. The molecular weight excluding hydrogens is 312 g/mol. The van der Waals surface area contributed by atoms with Crippen LogP contribution in [-0.4, -0.2) is 46.4 Å². The number of nitrogens with one attached hydrogen (secondary N) is 1. The topological polar surface area (TPSA) is 123 Å². The third kappa shape index (κ3) is 5.13. The first-order valence-electron chi connectivity index (χ1n) is 7.68. The van der Waals surface area contributed by atoms with E-state index in [0.717, 1.165) is 18.5 Å². The fourth-order valence-corrected chi connectivity index (χ4v) is 2.46. The van der Waals surface area contributed by atoms with Crippen LogP contribution in [0.3, 0.4) is 0 Å². The Hall–Kier alpha value is -2.80. The lowest BCUT2D eigenvalue weighted by molar-refractivity contribution is -0.645. The van der Waals surface area contributed by atoms with Gasteiger partial charge in [-0.3, -0.25) is 0 Å². The second-order valence-corrected chi connectivity index (χ2v) is 5.61. The number of aromatic hydroxyl groups is 1. The Bertz CT molecular complexity index is 664. The van der Waals surface area contributed by atoms with Crippen LogP contribution >= 0.6 is 0 Å². The van der Waals surface area contributed by atoms with Crippen molar-refractivity contribution in [2.45, 2.75) is 18.9 Å². The number of allylic oxidation sites excluding steroid dienone is 1. The summed E-state index contributed by atoms with van der Waals surface area (Å²) in [4.78, 5) is 22.1. The highest BCUT2D eigenvalue weighted by molar-refractivity contribution is 5.89. The van der Waals surface area contributed by atoms with Gasteiger partial charge in [-0.1, -0.05) is 12.1 Å². The van der Waals surface area contributed by atoms with Gasteiger partial charge in [0.05, 0.1) is 13.1 Å². The van der Waals surface area contributed by atoms with Gasteiger partial charge in [-0.15, -0.1) is 0 Å². The minimum atomic E-state index is -1.16. The lowest BCUT2D eigenvalue weighted by atomic mass is 10.00. The van der Waals surface area contributed by atoms with E-state index in [9.17, 15) is 14.7 Å². The summed E-state index contributed by atoms with van der Waals surface area (Å²) in [6.45, 7) is 1.48. The Morgan fingerprint density at radius 1 is 1.25 bits per heavy atom. The lowest BCUT2D eigenvalue weighted by Crippen LogP contribution is -2.84. The fraction of sp³-hybridized carbons (Fsp3) is 0.294. The molecule has 1 aliphatic heterocycles. The number of hydrogen-bond acceptors (Lipinski definition) is 4. The number of rotatable bonds is 7. The molecule has 0 aromatic heterocycles. The first kappa shape index (κ1) is 17.6. The van der Waals surface area contributed by atoms with Gasteiger partial charge in [0.15, 0.2) is 0 Å². The third-order valence-electron chi connectivity index (χ3n) is 3.75. The number of carboxylic acids is 2. The number of hydrogen-bond donors (Lipinski definition) is 5. The molecule has 6 N–H and O–H groups in total. The maximum atomic E-state index is 11.1. The van der Waals surface area contributed by atoms with E-state index in [2.05, 4.69) is 10.6 Å². The van der Waals surface area contributed by atoms with Crippen molar-refractivity contribution in [1.29, 1.82) is 0 Å². The number of benzene rings is 1. The highest BCUT2D eigenvalue weighted by atomic mass is 16.4. The van der Waals surface area contributed by atoms with Gasteiger partial charge in [0.2, 0.25) is 0 Å². The van der Waals surface area contributed by atoms with Crippen molar-refractivity contribution in [2.75, 3.05) is 13.1 Å². The summed E-state index contributed by atoms with van der Waals surface area (Å²) in [6.07, 6.45) is 4.45. The van der Waals surface area contributed by atoms with E-state index in [1.54, 1.807) is 12.1 Å². The van der Waals surface area contributed by atoms with Crippen LogP contribution in [0.4, 0.5) is 0 Å². The average Bonchev–Trinajstić information content (AvgIpc) is 2.56. The van der Waals surface area contributed by atoms with Gasteiger partial charge in [-0.2, -0.15) is 0 Å². The molecule has 0 fully saturated rings. The van der Waals surface area contributed by atoms with E-state index < -0.39 is 18.0 Å². The van der Waals surface area contributed by atoms with Crippen molar-refractivity contribution in [3.63, 3.8) is 0 Å². The predicted molar refractivity (Wildman–Crippen MR) is 86.4 cm³/mol. The van der Waals surface area contributed by atoms with E-state index in [1.807, 2.05) is 18.2 Å². The maximum Gasteiger partial charge on any atom is 0.351 e. The molecule has 0 radical (unpaired) electrons. The Balaban J connectivity index is 1.85. The van der Waals surface area contributed by atoms with Crippen molar-refractivity contribution in [2.24, 2.45) is 0 Å². The van der Waals surface area contributed by atoms with Crippen molar-refractivity contribution in [3.05, 3.63) is 53.3 Å². The predicted octanol–water partition coefficient (Wildman–Crippen LogP) is -0.160. The Labute approximate surface area is 139 Å². The second-order valence-electron chi connectivity index (χ2n) is 5.61. The molecule has 1 atom stereocenters. The molecule has 0 aliphatic carbocycles. The molecule has 0 saturated carbocycles. The minimum Gasteiger partial charge on any atom is -0.508 e. The molecule has 0 saturated heterocycles. The number of aliphatic carboxylic acids is 2. The highest BCUT2D eigenvalue weighted by Crippen LogP contribution is 2.16. The molecule has 1 unspecified atom stereocenters. The molecule has 24 heavy (non-hydrogen) atoms. The molecule has 1 aliphatic rings. The van der Waals surface area contributed by atoms with E-state index in [-0.39, 0.29) is 17.9 Å². The maximum absolute atomic E-state index is 11.1. The summed E-state index contributed by atoms with van der Waals surface area (Å²) in [5, 5.41) is 31.9. The van der Waals surface area contributed by atoms with E-state index in [4.69, 9.17) is 10.2 Å². The number of quaternary nitrogens is 1. The molecule has 0 bridgehead atoms. The summed E-state index contributed by atoms with van der Waals surface area (Å²) in [5.74, 6) is -1.99. The van der Waals surface area contributed by atoms with E-state index in [1.165, 1.54) is 6.08 Å². The molecule has 7 nitrogen and oxygen atoms in total. The second kappa shape index (κ2) is 8.16. The quantitative estimate of drug-likeness (QED) is 0.442. The standard InChI is InChI=1S/C17H20N2O5/c20-13-3-1-11(2-4-13)5-7-18-8-6-12-9-14(16(21)22)19-15(10-12)17(23)24/h1-4,6,9,15,18-20H,5,7-8,10H2,(H,21,22)(H,23,24)/p+1. The van der Waals surface area contributed by atoms with Gasteiger partial charge in [0.25, 0.3) is 0 Å². The van der Waals surface area contributed by atoms with Gasteiger partial charge in [-0.25, -0.2) is 9.59 Å². The number of carboxylic acid groups (broad SMARTS) is 2. The van der Waals surface area contributed by atoms with Gasteiger partial charge >= 0.3 is 11.9 Å². The fourth-order valence-electron chi connectivity index (χ4n) is 2.46. The summed E-state index contributed by atoms with van der Waals surface area (Å²) >= 11 is 0. The number of phenols is 1. The van der Waals surface area contributed by atoms with Crippen LogP contribution < -0.4 is 10.6 Å². The van der Waals surface area contributed by atoms with Crippen LogP contribution in [0.5, 0.6) is 5.75 Å². The smallest absolute Gasteiger partial charge is 0.351 e.